The maximum Gasteiger partial charge on any atom is 0.258 e. The van der Waals surface area contributed by atoms with E-state index in [2.05, 4.69) is 32.1 Å². The summed E-state index contributed by atoms with van der Waals surface area (Å²) in [4.78, 5) is 19.5. The van der Waals surface area contributed by atoms with Crippen molar-refractivity contribution in [3.63, 3.8) is 0 Å². The largest absolute Gasteiger partial charge is 0.482 e. The Bertz CT molecular complexity index is 1290. The lowest BCUT2D eigenvalue weighted by atomic mass is 10.00. The highest BCUT2D eigenvalue weighted by atomic mass is 32.2. The summed E-state index contributed by atoms with van der Waals surface area (Å²) in [6.07, 6.45) is 2.71. The summed E-state index contributed by atoms with van der Waals surface area (Å²) < 4.78 is 33.8. The quantitative estimate of drug-likeness (QED) is 0.414. The molecule has 5 rings (SSSR count). The van der Waals surface area contributed by atoms with E-state index in [0.717, 1.165) is 45.7 Å². The average molecular weight is 572 g/mol. The minimum absolute atomic E-state index is 0.0816. The zero-order chi connectivity index (χ0) is 28.3. The third-order valence-electron chi connectivity index (χ3n) is 7.99. The predicted molar refractivity (Wildman–Crippen MR) is 154 cm³/mol. The molecule has 10 nitrogen and oxygen atoms in total. The van der Waals surface area contributed by atoms with Crippen LogP contribution in [0.2, 0.25) is 0 Å². The maximum atomic E-state index is 13.4. The number of ether oxygens (including phenoxy) is 1. The lowest BCUT2D eigenvalue weighted by molar-refractivity contribution is -0.123. The number of benzene rings is 2. The van der Waals surface area contributed by atoms with Crippen molar-refractivity contribution < 1.29 is 23.1 Å². The maximum absolute atomic E-state index is 13.4. The summed E-state index contributed by atoms with van der Waals surface area (Å²) in [5.74, 6) is -0.266. The first-order valence-corrected chi connectivity index (χ1v) is 15.6. The zero-order valence-electron chi connectivity index (χ0n) is 23.5. The van der Waals surface area contributed by atoms with Crippen LogP contribution in [0.5, 0.6) is 5.75 Å². The molecule has 1 unspecified atom stereocenters. The molecular weight excluding hydrogens is 530 g/mol. The Morgan fingerprint density at radius 2 is 1.77 bits per heavy atom. The monoisotopic (exact) mass is 571 g/mol. The number of hydrogen-bond donors (Lipinski definition) is 2. The topological polar surface area (TPSA) is 106 Å². The van der Waals surface area contributed by atoms with Gasteiger partial charge in [-0.2, -0.15) is 0 Å². The van der Waals surface area contributed by atoms with E-state index in [-0.39, 0.29) is 23.8 Å². The van der Waals surface area contributed by atoms with Crippen LogP contribution < -0.4 is 15.0 Å². The molecule has 0 aromatic heterocycles. The van der Waals surface area contributed by atoms with Gasteiger partial charge in [-0.05, 0) is 42.5 Å². The first-order chi connectivity index (χ1) is 19.2. The molecule has 11 heteroatoms. The second-order valence-electron chi connectivity index (χ2n) is 11.1. The zero-order valence-corrected chi connectivity index (χ0v) is 24.3. The smallest absolute Gasteiger partial charge is 0.258 e. The standard InChI is InChI=1S/C29H41N5O5S/c1-31(2)40(37,38)29-26(34-16-14-33(15-17-34)24-10-11-24)8-5-9-27(29)39-21-28(36)30-18-25(35)20-32-13-12-22-6-3-4-7-23(22)19-32/h3-9,24-25,35H,10-21H2,1-2H3,(H,30,36). The van der Waals surface area contributed by atoms with Crippen LogP contribution in [0.25, 0.3) is 0 Å². The minimum atomic E-state index is -3.84. The number of fused-ring (bicyclic) bond motifs is 1. The number of carbonyl (C=O) groups excluding carboxylic acids is 1. The van der Waals surface area contributed by atoms with Crippen molar-refractivity contribution in [2.24, 2.45) is 0 Å². The average Bonchev–Trinajstić information content (AvgIpc) is 3.80. The van der Waals surface area contributed by atoms with Gasteiger partial charge in [-0.1, -0.05) is 30.3 Å². The molecule has 2 aromatic rings. The number of rotatable bonds is 11. The van der Waals surface area contributed by atoms with Crippen LogP contribution in [0.3, 0.4) is 0 Å². The lowest BCUT2D eigenvalue weighted by Crippen LogP contribution is -2.47. The fourth-order valence-electron chi connectivity index (χ4n) is 5.57. The van der Waals surface area contributed by atoms with Gasteiger partial charge in [0.15, 0.2) is 6.61 Å². The SMILES string of the molecule is CN(C)S(=O)(=O)c1c(OCC(=O)NCC(O)CN2CCc3ccccc3C2)cccc1N1CCN(C2CC2)CC1. The summed E-state index contributed by atoms with van der Waals surface area (Å²) in [6, 6.07) is 14.2. The fourth-order valence-corrected chi connectivity index (χ4v) is 6.78. The van der Waals surface area contributed by atoms with E-state index in [9.17, 15) is 18.3 Å². The Kier molecular flexibility index (Phi) is 8.96. The normalized spacial score (nSPS) is 19.4. The molecule has 1 saturated carbocycles. The number of β-amino-alcohol motifs (C(OH)–C–C–N with tert-alkyl or cyclic N) is 1. The van der Waals surface area contributed by atoms with E-state index in [4.69, 9.17) is 4.74 Å². The Labute approximate surface area is 237 Å². The summed E-state index contributed by atoms with van der Waals surface area (Å²) in [7, 11) is -0.848. The highest BCUT2D eigenvalue weighted by Gasteiger charge is 2.34. The second kappa shape index (κ2) is 12.4. The van der Waals surface area contributed by atoms with E-state index < -0.39 is 22.0 Å². The van der Waals surface area contributed by atoms with Crippen molar-refractivity contribution in [1.82, 2.24) is 19.4 Å². The predicted octanol–water partition coefficient (Wildman–Crippen LogP) is 1.14. The fraction of sp³-hybridized carbons (Fsp3) is 0.552. The molecule has 1 aliphatic carbocycles. The Balaban J connectivity index is 1.18. The van der Waals surface area contributed by atoms with Crippen LogP contribution in [-0.2, 0) is 27.8 Å². The third kappa shape index (κ3) is 6.77. The number of amides is 1. The van der Waals surface area contributed by atoms with E-state index in [1.165, 1.54) is 42.4 Å². The van der Waals surface area contributed by atoms with Crippen LogP contribution in [-0.4, -0.2) is 112 Å². The summed E-state index contributed by atoms with van der Waals surface area (Å²) in [5, 5.41) is 13.3. The first kappa shape index (κ1) is 28.8. The van der Waals surface area contributed by atoms with E-state index in [1.54, 1.807) is 12.1 Å². The number of anilines is 1. The van der Waals surface area contributed by atoms with Crippen LogP contribution in [0.15, 0.2) is 47.4 Å². The molecule has 3 aliphatic rings. The Morgan fingerprint density at radius 1 is 1.05 bits per heavy atom. The Hall–Kier alpha value is -2.70. The first-order valence-electron chi connectivity index (χ1n) is 14.1. The van der Waals surface area contributed by atoms with Crippen molar-refractivity contribution in [3.05, 3.63) is 53.6 Å². The number of sulfonamides is 1. The molecule has 1 saturated heterocycles. The van der Waals surface area contributed by atoms with E-state index in [0.29, 0.717) is 18.3 Å². The van der Waals surface area contributed by atoms with Gasteiger partial charge in [0.25, 0.3) is 5.91 Å². The van der Waals surface area contributed by atoms with Crippen LogP contribution >= 0.6 is 0 Å². The molecule has 0 spiro atoms. The minimum Gasteiger partial charge on any atom is -0.482 e. The molecular formula is C29H41N5O5S. The van der Waals surface area contributed by atoms with Gasteiger partial charge in [-0.3, -0.25) is 14.6 Å². The van der Waals surface area contributed by atoms with Crippen LogP contribution in [0.4, 0.5) is 5.69 Å². The molecule has 218 valence electrons. The van der Waals surface area contributed by atoms with Gasteiger partial charge in [0.2, 0.25) is 10.0 Å². The number of piperazine rings is 1. The van der Waals surface area contributed by atoms with Gasteiger partial charge in [-0.25, -0.2) is 12.7 Å². The molecule has 2 heterocycles. The van der Waals surface area contributed by atoms with Crippen molar-refractivity contribution in [2.75, 3.05) is 71.4 Å². The van der Waals surface area contributed by atoms with Gasteiger partial charge >= 0.3 is 0 Å². The van der Waals surface area contributed by atoms with Crippen molar-refractivity contribution in [2.45, 2.75) is 42.8 Å². The summed E-state index contributed by atoms with van der Waals surface area (Å²) in [6.45, 7) is 5.09. The summed E-state index contributed by atoms with van der Waals surface area (Å²) >= 11 is 0. The molecule has 2 N–H and O–H groups in total. The molecule has 0 radical (unpaired) electrons. The van der Waals surface area contributed by atoms with E-state index >= 15 is 0 Å². The number of nitrogens with one attached hydrogen (secondary N) is 1. The lowest BCUT2D eigenvalue weighted by Gasteiger charge is -2.37. The van der Waals surface area contributed by atoms with Crippen LogP contribution in [0, 0.1) is 0 Å². The van der Waals surface area contributed by atoms with Gasteiger partial charge in [-0.15, -0.1) is 0 Å². The van der Waals surface area contributed by atoms with Gasteiger partial charge in [0.05, 0.1) is 11.8 Å². The summed E-state index contributed by atoms with van der Waals surface area (Å²) in [5.41, 5.74) is 3.22. The number of carbonyl (C=O) groups is 1. The van der Waals surface area contributed by atoms with Crippen molar-refractivity contribution >= 4 is 21.6 Å². The number of aliphatic hydroxyl groups excluding tert-OH is 1. The highest BCUT2D eigenvalue weighted by Crippen LogP contribution is 2.37. The van der Waals surface area contributed by atoms with Crippen molar-refractivity contribution in [3.8, 4) is 5.75 Å². The molecule has 40 heavy (non-hydrogen) atoms. The molecule has 1 atom stereocenters. The van der Waals surface area contributed by atoms with Crippen molar-refractivity contribution in [1.29, 1.82) is 0 Å². The highest BCUT2D eigenvalue weighted by molar-refractivity contribution is 7.89. The molecule has 0 bridgehead atoms. The molecule has 1 amide bonds. The third-order valence-corrected chi connectivity index (χ3v) is 9.87. The number of aliphatic hydroxyl groups is 1. The Morgan fingerprint density at radius 3 is 2.48 bits per heavy atom. The molecule has 2 fully saturated rings. The second-order valence-corrected chi connectivity index (χ2v) is 13.2. The molecule has 2 aromatic carbocycles. The number of nitrogens with zero attached hydrogens (tertiary/aromatic N) is 4. The van der Waals surface area contributed by atoms with Gasteiger partial charge in [0, 0.05) is 72.5 Å². The molecule has 2 aliphatic heterocycles. The van der Waals surface area contributed by atoms with Gasteiger partial charge < -0.3 is 20.1 Å². The van der Waals surface area contributed by atoms with E-state index in [1.807, 2.05) is 18.2 Å². The number of hydrogen-bond acceptors (Lipinski definition) is 8. The van der Waals surface area contributed by atoms with Crippen LogP contribution in [0.1, 0.15) is 24.0 Å². The van der Waals surface area contributed by atoms with Gasteiger partial charge in [0.1, 0.15) is 10.6 Å².